The molecule has 0 aliphatic carbocycles. The number of aliphatic hydroxyl groups is 5. The monoisotopic (exact) mass is 281 g/mol. The zero-order valence-electron chi connectivity index (χ0n) is 10.0. The molecule has 0 bridgehead atoms. The summed E-state index contributed by atoms with van der Waals surface area (Å²) in [4.78, 5) is 3.53. The van der Waals surface area contributed by atoms with Crippen molar-refractivity contribution in [2.45, 2.75) is 31.5 Å². The highest BCUT2D eigenvalue weighted by molar-refractivity contribution is 7.78. The number of aliphatic hydroxyl groups excluding tert-OH is 5. The first-order valence-corrected chi connectivity index (χ1v) is 5.84. The van der Waals surface area contributed by atoms with E-state index in [0.717, 1.165) is 0 Å². The average Bonchev–Trinajstić information content (AvgIpc) is 2.39. The van der Waals surface area contributed by atoms with Crippen molar-refractivity contribution in [3.8, 4) is 0 Å². The van der Waals surface area contributed by atoms with Crippen LogP contribution in [0.2, 0.25) is 0 Å². The standard InChI is InChI=1S/C10H19NO6S/c1-6(4-12)7(13)8(14)9(15)10(16)17-3-2-11-5-18/h6-10,12-16H,2-4H2,1H3/t6?,7-,8?,9?,10-/m1/s1. The largest absolute Gasteiger partial charge is 0.396 e. The van der Waals surface area contributed by atoms with Gasteiger partial charge in [-0.25, -0.2) is 4.99 Å². The summed E-state index contributed by atoms with van der Waals surface area (Å²) in [5.41, 5.74) is 0. The van der Waals surface area contributed by atoms with Crippen LogP contribution in [0.25, 0.3) is 0 Å². The van der Waals surface area contributed by atoms with Crippen LogP contribution >= 0.6 is 12.2 Å². The Balaban J connectivity index is 4.17. The first kappa shape index (κ1) is 17.6. The maximum atomic E-state index is 9.56. The maximum Gasteiger partial charge on any atom is 0.183 e. The van der Waals surface area contributed by atoms with Gasteiger partial charge in [-0.1, -0.05) is 6.92 Å². The number of hydrogen-bond donors (Lipinski definition) is 5. The van der Waals surface area contributed by atoms with Crippen LogP contribution in [0.1, 0.15) is 6.92 Å². The number of nitrogens with zero attached hydrogens (tertiary/aromatic N) is 1. The van der Waals surface area contributed by atoms with E-state index >= 15 is 0 Å². The summed E-state index contributed by atoms with van der Waals surface area (Å²) in [6.07, 6.45) is -6.36. The molecule has 0 spiro atoms. The minimum Gasteiger partial charge on any atom is -0.396 e. The fourth-order valence-electron chi connectivity index (χ4n) is 1.18. The summed E-state index contributed by atoms with van der Waals surface area (Å²) >= 11 is 4.32. The molecular formula is C10H19NO6S. The van der Waals surface area contributed by atoms with Gasteiger partial charge >= 0.3 is 0 Å². The number of hydrogen-bond acceptors (Lipinski definition) is 8. The Morgan fingerprint density at radius 2 is 1.78 bits per heavy atom. The molecule has 0 radical (unpaired) electrons. The summed E-state index contributed by atoms with van der Waals surface area (Å²) in [7, 11) is 0. The first-order chi connectivity index (χ1) is 8.45. The maximum absolute atomic E-state index is 9.56. The Morgan fingerprint density at radius 1 is 1.17 bits per heavy atom. The van der Waals surface area contributed by atoms with Gasteiger partial charge in [0.25, 0.3) is 0 Å². The van der Waals surface area contributed by atoms with Crippen molar-refractivity contribution in [3.05, 3.63) is 0 Å². The third kappa shape index (κ3) is 5.94. The Labute approximate surface area is 110 Å². The van der Waals surface area contributed by atoms with Gasteiger partial charge in [-0.3, -0.25) is 0 Å². The quantitative estimate of drug-likeness (QED) is 0.145. The van der Waals surface area contributed by atoms with Gasteiger partial charge in [-0.05, 0) is 12.2 Å². The van der Waals surface area contributed by atoms with Gasteiger partial charge in [0.2, 0.25) is 0 Å². The normalized spacial score (nSPS) is 19.4. The summed E-state index contributed by atoms with van der Waals surface area (Å²) in [6.45, 7) is 1.28. The molecule has 0 saturated carbocycles. The van der Waals surface area contributed by atoms with Gasteiger partial charge in [0, 0.05) is 12.5 Å². The van der Waals surface area contributed by atoms with Crippen LogP contribution in [0, 0.1) is 5.92 Å². The van der Waals surface area contributed by atoms with E-state index in [1.165, 1.54) is 6.92 Å². The lowest BCUT2D eigenvalue weighted by molar-refractivity contribution is -0.205. The number of aliphatic imine (C=N–C) groups is 1. The van der Waals surface area contributed by atoms with E-state index in [2.05, 4.69) is 22.4 Å². The molecule has 0 fully saturated rings. The van der Waals surface area contributed by atoms with Crippen LogP contribution in [0.15, 0.2) is 4.99 Å². The molecule has 106 valence electrons. The first-order valence-electron chi connectivity index (χ1n) is 5.44. The van der Waals surface area contributed by atoms with Gasteiger partial charge in [0.15, 0.2) is 6.29 Å². The summed E-state index contributed by atoms with van der Waals surface area (Å²) in [6, 6.07) is 0. The van der Waals surface area contributed by atoms with Crippen molar-refractivity contribution in [1.82, 2.24) is 0 Å². The zero-order valence-corrected chi connectivity index (χ0v) is 10.8. The van der Waals surface area contributed by atoms with Crippen molar-refractivity contribution < 1.29 is 30.3 Å². The molecule has 8 heteroatoms. The second kappa shape index (κ2) is 9.48. The number of thiocarbonyl (C=S) groups is 1. The van der Waals surface area contributed by atoms with Crippen LogP contribution in [0.4, 0.5) is 0 Å². The molecule has 0 aliphatic heterocycles. The smallest absolute Gasteiger partial charge is 0.183 e. The number of isothiocyanates is 1. The second-order valence-electron chi connectivity index (χ2n) is 3.87. The molecule has 3 unspecified atom stereocenters. The Hall–Kier alpha value is -0.440. The van der Waals surface area contributed by atoms with Crippen molar-refractivity contribution >= 4 is 17.4 Å². The molecule has 5 N–H and O–H groups in total. The minimum atomic E-state index is -1.69. The van der Waals surface area contributed by atoms with Crippen LogP contribution in [-0.4, -0.2) is 75.1 Å². The van der Waals surface area contributed by atoms with E-state index in [1.54, 1.807) is 0 Å². The van der Waals surface area contributed by atoms with E-state index in [0.29, 0.717) is 0 Å². The second-order valence-corrected chi connectivity index (χ2v) is 4.05. The summed E-state index contributed by atoms with van der Waals surface area (Å²) in [5.74, 6) is -0.638. The summed E-state index contributed by atoms with van der Waals surface area (Å²) < 4.78 is 4.78. The minimum absolute atomic E-state index is 0.0137. The topological polar surface area (TPSA) is 123 Å². The molecule has 7 nitrogen and oxygen atoms in total. The highest BCUT2D eigenvalue weighted by Crippen LogP contribution is 2.12. The molecule has 0 aromatic rings. The van der Waals surface area contributed by atoms with E-state index < -0.39 is 30.5 Å². The SMILES string of the molecule is CC(CO)[C@@H](O)C(O)C(O)[C@H](O)OCCN=C=S. The van der Waals surface area contributed by atoms with Gasteiger partial charge in [0.1, 0.15) is 12.2 Å². The predicted molar refractivity (Wildman–Crippen MR) is 66.1 cm³/mol. The molecule has 0 amide bonds. The Kier molecular flexibility index (Phi) is 9.25. The van der Waals surface area contributed by atoms with E-state index in [9.17, 15) is 20.4 Å². The van der Waals surface area contributed by atoms with Crippen molar-refractivity contribution in [3.63, 3.8) is 0 Å². The molecule has 0 aliphatic rings. The molecular weight excluding hydrogens is 262 g/mol. The zero-order chi connectivity index (χ0) is 14.1. The molecule has 0 aromatic carbocycles. The lowest BCUT2D eigenvalue weighted by Crippen LogP contribution is -2.48. The van der Waals surface area contributed by atoms with E-state index in [1.807, 2.05) is 0 Å². The van der Waals surface area contributed by atoms with Crippen LogP contribution in [0.3, 0.4) is 0 Å². The van der Waals surface area contributed by atoms with Crippen LogP contribution < -0.4 is 0 Å². The molecule has 0 rings (SSSR count). The third-order valence-electron chi connectivity index (χ3n) is 2.42. The van der Waals surface area contributed by atoms with Crippen molar-refractivity contribution in [2.75, 3.05) is 19.8 Å². The lowest BCUT2D eigenvalue weighted by Gasteiger charge is -2.28. The number of ether oxygens (including phenoxy) is 1. The average molecular weight is 281 g/mol. The lowest BCUT2D eigenvalue weighted by atomic mass is 9.97. The Bertz CT molecular complexity index is 273. The molecule has 0 saturated heterocycles. The van der Waals surface area contributed by atoms with Gasteiger partial charge in [0.05, 0.1) is 24.4 Å². The Morgan fingerprint density at radius 3 is 2.28 bits per heavy atom. The fraction of sp³-hybridized carbons (Fsp3) is 0.900. The highest BCUT2D eigenvalue weighted by Gasteiger charge is 2.33. The van der Waals surface area contributed by atoms with Crippen LogP contribution in [0.5, 0.6) is 0 Å². The molecule has 5 atom stereocenters. The molecule has 0 aromatic heterocycles. The van der Waals surface area contributed by atoms with Gasteiger partial charge < -0.3 is 30.3 Å². The highest BCUT2D eigenvalue weighted by atomic mass is 32.1. The van der Waals surface area contributed by atoms with Gasteiger partial charge in [-0.2, -0.15) is 0 Å². The van der Waals surface area contributed by atoms with E-state index in [4.69, 9.17) is 9.84 Å². The van der Waals surface area contributed by atoms with Crippen LogP contribution in [-0.2, 0) is 4.74 Å². The fourth-order valence-corrected chi connectivity index (χ4v) is 1.27. The molecule has 18 heavy (non-hydrogen) atoms. The van der Waals surface area contributed by atoms with E-state index in [-0.39, 0.29) is 19.8 Å². The summed E-state index contributed by atoms with van der Waals surface area (Å²) in [5, 5.41) is 48.9. The number of rotatable bonds is 9. The van der Waals surface area contributed by atoms with Gasteiger partial charge in [-0.15, -0.1) is 0 Å². The molecule has 0 heterocycles. The van der Waals surface area contributed by atoms with Crippen molar-refractivity contribution in [2.24, 2.45) is 10.9 Å². The third-order valence-corrected chi connectivity index (χ3v) is 2.55. The van der Waals surface area contributed by atoms with Crippen molar-refractivity contribution in [1.29, 1.82) is 0 Å². The predicted octanol–water partition coefficient (Wildman–Crippen LogP) is -1.86.